The summed E-state index contributed by atoms with van der Waals surface area (Å²) in [6, 6.07) is -0.906. The van der Waals surface area contributed by atoms with Crippen LogP contribution in [0.4, 0.5) is 0 Å². The molecule has 1 atom stereocenters. The van der Waals surface area contributed by atoms with Crippen molar-refractivity contribution in [2.24, 2.45) is 5.73 Å². The van der Waals surface area contributed by atoms with Crippen LogP contribution in [-0.4, -0.2) is 27.1 Å². The van der Waals surface area contributed by atoms with Crippen molar-refractivity contribution in [3.8, 4) is 0 Å². The molecule has 5 nitrogen and oxygen atoms in total. The van der Waals surface area contributed by atoms with E-state index in [4.69, 9.17) is 10.8 Å². The average Bonchev–Trinajstić information content (AvgIpc) is 2.04. The van der Waals surface area contributed by atoms with Crippen LogP contribution >= 0.6 is 0 Å². The van der Waals surface area contributed by atoms with E-state index in [0.717, 1.165) is 5.69 Å². The normalized spacial score (nSPS) is 12.5. The quantitative estimate of drug-likeness (QED) is 0.670. The molecule has 1 aromatic heterocycles. The molecule has 1 unspecified atom stereocenters. The summed E-state index contributed by atoms with van der Waals surface area (Å²) in [5.74, 6) is -1.02. The van der Waals surface area contributed by atoms with Gasteiger partial charge >= 0.3 is 5.97 Å². The molecule has 0 saturated carbocycles. The Balaban J connectivity index is 2.69. The first-order valence-electron chi connectivity index (χ1n) is 3.85. The predicted octanol–water partition coefficient (Wildman–Crippen LogP) is -0.261. The van der Waals surface area contributed by atoms with Crippen molar-refractivity contribution >= 4 is 5.97 Å². The number of hydrogen-bond donors (Lipinski definition) is 2. The van der Waals surface area contributed by atoms with Crippen molar-refractivity contribution < 1.29 is 9.90 Å². The van der Waals surface area contributed by atoms with Crippen LogP contribution in [0.2, 0.25) is 0 Å². The minimum atomic E-state index is -1.02. The van der Waals surface area contributed by atoms with E-state index in [1.807, 2.05) is 0 Å². The Bertz CT molecular complexity index is 314. The Hall–Kier alpha value is -1.49. The zero-order valence-electron chi connectivity index (χ0n) is 7.27. The van der Waals surface area contributed by atoms with E-state index in [1.165, 1.54) is 6.20 Å². The molecule has 0 spiro atoms. The lowest BCUT2D eigenvalue weighted by Gasteiger charge is -2.04. The summed E-state index contributed by atoms with van der Waals surface area (Å²) in [4.78, 5) is 18.4. The van der Waals surface area contributed by atoms with Crippen molar-refractivity contribution in [1.82, 2.24) is 9.97 Å². The third-order valence-corrected chi connectivity index (χ3v) is 1.55. The lowest BCUT2D eigenvalue weighted by Crippen LogP contribution is -2.32. The van der Waals surface area contributed by atoms with Gasteiger partial charge in [-0.25, -0.2) is 0 Å². The third kappa shape index (κ3) is 2.79. The summed E-state index contributed by atoms with van der Waals surface area (Å²) >= 11 is 0. The number of nitrogens with zero attached hydrogens (tertiary/aromatic N) is 2. The fourth-order valence-electron chi connectivity index (χ4n) is 0.926. The van der Waals surface area contributed by atoms with E-state index in [0.29, 0.717) is 5.69 Å². The Morgan fingerprint density at radius 2 is 2.38 bits per heavy atom. The maximum atomic E-state index is 10.4. The molecular formula is C8H11N3O2. The second-order valence-corrected chi connectivity index (χ2v) is 2.80. The third-order valence-electron chi connectivity index (χ3n) is 1.55. The zero-order valence-corrected chi connectivity index (χ0v) is 7.27. The van der Waals surface area contributed by atoms with Gasteiger partial charge in [0.15, 0.2) is 0 Å². The number of aromatic nitrogens is 2. The van der Waals surface area contributed by atoms with E-state index in [-0.39, 0.29) is 6.42 Å². The Morgan fingerprint density at radius 1 is 1.69 bits per heavy atom. The lowest BCUT2D eigenvalue weighted by molar-refractivity contribution is -0.138. The topological polar surface area (TPSA) is 89.1 Å². The molecule has 0 aromatic carbocycles. The monoisotopic (exact) mass is 181 g/mol. The largest absolute Gasteiger partial charge is 0.480 e. The molecular weight excluding hydrogens is 170 g/mol. The van der Waals surface area contributed by atoms with Crippen molar-refractivity contribution in [3.05, 3.63) is 23.8 Å². The Kier molecular flexibility index (Phi) is 2.92. The minimum Gasteiger partial charge on any atom is -0.480 e. The van der Waals surface area contributed by atoms with Crippen LogP contribution in [0.25, 0.3) is 0 Å². The Morgan fingerprint density at radius 3 is 2.92 bits per heavy atom. The van der Waals surface area contributed by atoms with Crippen LogP contribution in [0.1, 0.15) is 11.4 Å². The molecule has 5 heteroatoms. The second-order valence-electron chi connectivity index (χ2n) is 2.80. The zero-order chi connectivity index (χ0) is 9.84. The fraction of sp³-hybridized carbons (Fsp3) is 0.375. The van der Waals surface area contributed by atoms with Gasteiger partial charge in [-0.2, -0.15) is 0 Å². The molecule has 1 heterocycles. The molecule has 0 saturated heterocycles. The van der Waals surface area contributed by atoms with E-state index < -0.39 is 12.0 Å². The van der Waals surface area contributed by atoms with E-state index in [9.17, 15) is 4.79 Å². The number of hydrogen-bond acceptors (Lipinski definition) is 4. The second kappa shape index (κ2) is 3.95. The highest BCUT2D eigenvalue weighted by Crippen LogP contribution is 1.98. The van der Waals surface area contributed by atoms with Crippen LogP contribution < -0.4 is 5.73 Å². The fourth-order valence-corrected chi connectivity index (χ4v) is 0.926. The number of aliphatic carboxylic acids is 1. The van der Waals surface area contributed by atoms with Gasteiger partial charge in [-0.3, -0.25) is 14.8 Å². The highest BCUT2D eigenvalue weighted by Gasteiger charge is 2.12. The summed E-state index contributed by atoms with van der Waals surface area (Å²) in [6.45, 7) is 1.79. The number of carboxylic acid groups (broad SMARTS) is 1. The van der Waals surface area contributed by atoms with Crippen LogP contribution in [-0.2, 0) is 11.2 Å². The van der Waals surface area contributed by atoms with E-state index in [2.05, 4.69) is 9.97 Å². The van der Waals surface area contributed by atoms with Crippen molar-refractivity contribution in [1.29, 1.82) is 0 Å². The van der Waals surface area contributed by atoms with E-state index in [1.54, 1.807) is 13.1 Å². The molecule has 0 aliphatic carbocycles. The number of aryl methyl sites for hydroxylation is 1. The molecule has 0 bridgehead atoms. The molecule has 0 aliphatic rings. The lowest BCUT2D eigenvalue weighted by atomic mass is 10.2. The van der Waals surface area contributed by atoms with Crippen LogP contribution in [0.3, 0.4) is 0 Å². The number of nitrogens with two attached hydrogens (primary N) is 1. The van der Waals surface area contributed by atoms with Gasteiger partial charge in [-0.15, -0.1) is 0 Å². The van der Waals surface area contributed by atoms with Gasteiger partial charge in [0.25, 0.3) is 0 Å². The van der Waals surface area contributed by atoms with Crippen molar-refractivity contribution in [2.75, 3.05) is 0 Å². The van der Waals surface area contributed by atoms with Crippen LogP contribution in [0.5, 0.6) is 0 Å². The molecule has 3 N–H and O–H groups in total. The average molecular weight is 181 g/mol. The van der Waals surface area contributed by atoms with E-state index >= 15 is 0 Å². The van der Waals surface area contributed by atoms with Gasteiger partial charge < -0.3 is 10.8 Å². The van der Waals surface area contributed by atoms with Gasteiger partial charge in [0.1, 0.15) is 6.04 Å². The maximum Gasteiger partial charge on any atom is 0.320 e. The molecule has 70 valence electrons. The van der Waals surface area contributed by atoms with Crippen molar-refractivity contribution in [3.63, 3.8) is 0 Å². The molecule has 0 amide bonds. The maximum absolute atomic E-state index is 10.4. The summed E-state index contributed by atoms with van der Waals surface area (Å²) in [5.41, 5.74) is 6.70. The molecule has 0 fully saturated rings. The first-order valence-corrected chi connectivity index (χ1v) is 3.85. The first kappa shape index (κ1) is 9.60. The summed E-state index contributed by atoms with van der Waals surface area (Å²) in [6.07, 6.45) is 3.34. The first-order chi connectivity index (χ1) is 6.09. The molecule has 1 rings (SSSR count). The summed E-state index contributed by atoms with van der Waals surface area (Å²) < 4.78 is 0. The van der Waals surface area contributed by atoms with Crippen LogP contribution in [0.15, 0.2) is 12.4 Å². The molecule has 13 heavy (non-hydrogen) atoms. The molecule has 0 radical (unpaired) electrons. The SMILES string of the molecule is Cc1cncc(CC(N)C(=O)O)n1. The Labute approximate surface area is 75.6 Å². The standard InChI is InChI=1S/C8H11N3O2/c1-5-3-10-4-6(11-5)2-7(9)8(12)13/h3-4,7H,2,9H2,1H3,(H,12,13). The number of rotatable bonds is 3. The number of carboxylic acids is 1. The van der Waals surface area contributed by atoms with Gasteiger partial charge in [0, 0.05) is 18.8 Å². The predicted molar refractivity (Wildman–Crippen MR) is 46.1 cm³/mol. The van der Waals surface area contributed by atoms with Crippen molar-refractivity contribution in [2.45, 2.75) is 19.4 Å². The highest BCUT2D eigenvalue weighted by atomic mass is 16.4. The number of carbonyl (C=O) groups is 1. The van der Waals surface area contributed by atoms with Gasteiger partial charge in [-0.1, -0.05) is 0 Å². The van der Waals surface area contributed by atoms with Gasteiger partial charge in [-0.05, 0) is 6.92 Å². The minimum absolute atomic E-state index is 0.212. The summed E-state index contributed by atoms with van der Waals surface area (Å²) in [7, 11) is 0. The molecule has 0 aliphatic heterocycles. The van der Waals surface area contributed by atoms with Gasteiger partial charge in [0.2, 0.25) is 0 Å². The van der Waals surface area contributed by atoms with Crippen LogP contribution in [0, 0.1) is 6.92 Å². The smallest absolute Gasteiger partial charge is 0.320 e. The van der Waals surface area contributed by atoms with Gasteiger partial charge in [0.05, 0.1) is 11.4 Å². The highest BCUT2D eigenvalue weighted by molar-refractivity contribution is 5.73. The molecule has 1 aromatic rings. The summed E-state index contributed by atoms with van der Waals surface area (Å²) in [5, 5.41) is 8.54.